The highest BCUT2D eigenvalue weighted by Gasteiger charge is 2.06. The van der Waals surface area contributed by atoms with E-state index >= 15 is 0 Å². The van der Waals surface area contributed by atoms with E-state index < -0.39 is 12.4 Å². The van der Waals surface area contributed by atoms with Gasteiger partial charge in [0.1, 0.15) is 6.61 Å². The number of hydrogen-bond acceptors (Lipinski definition) is 6. The van der Waals surface area contributed by atoms with Gasteiger partial charge in [-0.15, -0.1) is 0 Å². The van der Waals surface area contributed by atoms with Gasteiger partial charge in [0, 0.05) is 0 Å². The summed E-state index contributed by atoms with van der Waals surface area (Å²) in [5, 5.41) is 11.1. The van der Waals surface area contributed by atoms with Crippen LogP contribution in [0.2, 0.25) is 0 Å². The van der Waals surface area contributed by atoms with Crippen molar-refractivity contribution >= 4 is 22.9 Å². The van der Waals surface area contributed by atoms with Gasteiger partial charge in [-0.05, 0) is 0 Å². The number of hydrogen-bond donors (Lipinski definition) is 4. The highest BCUT2D eigenvalue weighted by atomic mass is 16.3. The van der Waals surface area contributed by atoms with Gasteiger partial charge in [-0.25, -0.2) is 4.98 Å². The number of aromatic nitrogens is 4. The van der Waals surface area contributed by atoms with Crippen molar-refractivity contribution in [3.63, 3.8) is 0 Å². The highest BCUT2D eigenvalue weighted by Crippen LogP contribution is 2.02. The van der Waals surface area contributed by atoms with E-state index in [2.05, 4.69) is 25.3 Å². The van der Waals surface area contributed by atoms with E-state index in [0.29, 0.717) is 0 Å². The maximum Gasteiger partial charge on any atom is 0.278 e. The fraction of sp³-hybridized carbons (Fsp3) is 0.250. The van der Waals surface area contributed by atoms with Crippen molar-refractivity contribution < 1.29 is 9.90 Å². The first-order valence-corrected chi connectivity index (χ1v) is 4.50. The number of Topliss-reactive ketones (excluding diaryl/α,β-unsaturated/α-hetero) is 1. The first kappa shape index (κ1) is 10.3. The first-order valence-electron chi connectivity index (χ1n) is 4.50. The minimum atomic E-state index is -0.554. The van der Waals surface area contributed by atoms with E-state index in [1.807, 2.05) is 0 Å². The highest BCUT2D eigenvalue weighted by molar-refractivity contribution is 5.83. The lowest BCUT2D eigenvalue weighted by Crippen LogP contribution is -2.20. The SMILES string of the molecule is O=C(CO)CNc1nc2nc[nH]c2c(=O)[nH]1. The third-order valence-electron chi connectivity index (χ3n) is 1.93. The summed E-state index contributed by atoms with van der Waals surface area (Å²) in [5.41, 5.74) is 0.170. The number of nitrogens with one attached hydrogen (secondary N) is 3. The van der Waals surface area contributed by atoms with Gasteiger partial charge in [-0.3, -0.25) is 14.6 Å². The molecule has 0 fully saturated rings. The molecule has 2 rings (SSSR count). The zero-order valence-corrected chi connectivity index (χ0v) is 8.15. The van der Waals surface area contributed by atoms with Crippen LogP contribution in [0.4, 0.5) is 5.95 Å². The molecule has 2 aromatic heterocycles. The number of aliphatic hydroxyl groups excluding tert-OH is 1. The molecule has 0 unspecified atom stereocenters. The number of ketones is 1. The van der Waals surface area contributed by atoms with E-state index in [9.17, 15) is 9.59 Å². The van der Waals surface area contributed by atoms with Gasteiger partial charge < -0.3 is 15.4 Å². The molecule has 8 heteroatoms. The summed E-state index contributed by atoms with van der Waals surface area (Å²) in [7, 11) is 0. The van der Waals surface area contributed by atoms with Crippen LogP contribution in [0.5, 0.6) is 0 Å². The second kappa shape index (κ2) is 4.11. The molecule has 2 aromatic rings. The third kappa shape index (κ3) is 1.91. The fourth-order valence-corrected chi connectivity index (χ4v) is 1.16. The summed E-state index contributed by atoms with van der Waals surface area (Å²) in [6.07, 6.45) is 1.36. The van der Waals surface area contributed by atoms with E-state index in [4.69, 9.17) is 5.11 Å². The molecule has 0 spiro atoms. The second-order valence-electron chi connectivity index (χ2n) is 3.07. The summed E-state index contributed by atoms with van der Waals surface area (Å²) < 4.78 is 0. The topological polar surface area (TPSA) is 124 Å². The van der Waals surface area contributed by atoms with Crippen LogP contribution in [0, 0.1) is 0 Å². The number of rotatable bonds is 4. The van der Waals surface area contributed by atoms with Crippen LogP contribution in [0.25, 0.3) is 11.2 Å². The Bertz CT molecular complexity index is 572. The van der Waals surface area contributed by atoms with Crippen molar-refractivity contribution in [2.45, 2.75) is 0 Å². The summed E-state index contributed by atoms with van der Waals surface area (Å²) in [4.78, 5) is 35.1. The Labute approximate surface area is 88.7 Å². The van der Waals surface area contributed by atoms with Crippen LogP contribution < -0.4 is 10.9 Å². The van der Waals surface area contributed by atoms with Crippen molar-refractivity contribution in [2.75, 3.05) is 18.5 Å². The average molecular weight is 223 g/mol. The number of fused-ring (bicyclic) bond motifs is 1. The fourth-order valence-electron chi connectivity index (χ4n) is 1.16. The summed E-state index contributed by atoms with van der Waals surface area (Å²) in [6.45, 7) is -0.656. The lowest BCUT2D eigenvalue weighted by molar-refractivity contribution is -0.120. The van der Waals surface area contributed by atoms with Crippen molar-refractivity contribution in [3.05, 3.63) is 16.7 Å². The molecule has 4 N–H and O–H groups in total. The summed E-state index contributed by atoms with van der Waals surface area (Å²) >= 11 is 0. The normalized spacial score (nSPS) is 10.6. The maximum atomic E-state index is 11.4. The molecule has 0 amide bonds. The second-order valence-corrected chi connectivity index (χ2v) is 3.07. The van der Waals surface area contributed by atoms with E-state index in [1.165, 1.54) is 6.33 Å². The largest absolute Gasteiger partial charge is 0.389 e. The minimum absolute atomic E-state index is 0.102. The van der Waals surface area contributed by atoms with Crippen molar-refractivity contribution in [1.29, 1.82) is 0 Å². The van der Waals surface area contributed by atoms with Gasteiger partial charge in [0.05, 0.1) is 12.9 Å². The maximum absolute atomic E-state index is 11.4. The number of nitrogens with zero attached hydrogens (tertiary/aromatic N) is 2. The number of aliphatic hydroxyl groups is 1. The van der Waals surface area contributed by atoms with Gasteiger partial charge in [0.2, 0.25) is 5.95 Å². The van der Waals surface area contributed by atoms with Gasteiger partial charge in [-0.2, -0.15) is 4.98 Å². The predicted molar refractivity (Wildman–Crippen MR) is 55.1 cm³/mol. The lowest BCUT2D eigenvalue weighted by atomic mass is 10.4. The molecule has 0 bridgehead atoms. The van der Waals surface area contributed by atoms with Crippen LogP contribution in [-0.2, 0) is 4.79 Å². The quantitative estimate of drug-likeness (QED) is 0.506. The Balaban J connectivity index is 2.25. The molecule has 16 heavy (non-hydrogen) atoms. The Morgan fingerprint density at radius 1 is 1.56 bits per heavy atom. The molecule has 0 aliphatic heterocycles. The minimum Gasteiger partial charge on any atom is -0.389 e. The number of aromatic amines is 2. The van der Waals surface area contributed by atoms with E-state index in [-0.39, 0.29) is 29.2 Å². The van der Waals surface area contributed by atoms with Crippen LogP contribution in [-0.4, -0.2) is 44.0 Å². The van der Waals surface area contributed by atoms with Crippen LogP contribution in [0.1, 0.15) is 0 Å². The van der Waals surface area contributed by atoms with E-state index in [1.54, 1.807) is 0 Å². The molecule has 0 aliphatic rings. The number of anilines is 1. The molecule has 0 aromatic carbocycles. The average Bonchev–Trinajstić information content (AvgIpc) is 2.74. The zero-order chi connectivity index (χ0) is 11.5. The van der Waals surface area contributed by atoms with Gasteiger partial charge in [-0.1, -0.05) is 0 Å². The Morgan fingerprint density at radius 3 is 3.12 bits per heavy atom. The Morgan fingerprint density at radius 2 is 2.38 bits per heavy atom. The van der Waals surface area contributed by atoms with Gasteiger partial charge in [0.15, 0.2) is 16.9 Å². The molecule has 8 nitrogen and oxygen atoms in total. The van der Waals surface area contributed by atoms with Crippen LogP contribution in [0.15, 0.2) is 11.1 Å². The van der Waals surface area contributed by atoms with Crippen molar-refractivity contribution in [2.24, 2.45) is 0 Å². The molecule has 84 valence electrons. The zero-order valence-electron chi connectivity index (χ0n) is 8.15. The summed E-state index contributed by atoms with van der Waals surface area (Å²) in [6, 6.07) is 0. The molecule has 0 saturated carbocycles. The Kier molecular flexibility index (Phi) is 2.64. The van der Waals surface area contributed by atoms with Crippen molar-refractivity contribution in [3.8, 4) is 0 Å². The van der Waals surface area contributed by atoms with Gasteiger partial charge in [0.25, 0.3) is 5.56 Å². The molecule has 2 heterocycles. The number of H-pyrrole nitrogens is 2. The molecule has 0 radical (unpaired) electrons. The summed E-state index contributed by atoms with van der Waals surface area (Å²) in [5.74, 6) is -0.254. The third-order valence-corrected chi connectivity index (χ3v) is 1.93. The number of imidazole rings is 1. The predicted octanol–water partition coefficient (Wildman–Crippen LogP) is -1.38. The van der Waals surface area contributed by atoms with Gasteiger partial charge >= 0.3 is 0 Å². The first-order chi connectivity index (χ1) is 7.70. The molecule has 0 aliphatic carbocycles. The number of carbonyl (C=O) groups is 1. The van der Waals surface area contributed by atoms with E-state index in [0.717, 1.165) is 0 Å². The Hall–Kier alpha value is -2.22. The van der Waals surface area contributed by atoms with Crippen LogP contribution >= 0.6 is 0 Å². The van der Waals surface area contributed by atoms with Crippen molar-refractivity contribution in [1.82, 2.24) is 19.9 Å². The van der Waals surface area contributed by atoms with Crippen LogP contribution in [0.3, 0.4) is 0 Å². The molecular weight excluding hydrogens is 214 g/mol. The molecular formula is C8H9N5O3. The molecule has 0 atom stereocenters. The number of carbonyl (C=O) groups excluding carboxylic acids is 1. The smallest absolute Gasteiger partial charge is 0.278 e. The standard InChI is InChI=1S/C8H9N5O3/c14-2-4(15)1-9-8-12-6-5(7(16)13-8)10-3-11-6/h3,14H,1-2H2,(H3,9,10,11,12,13,16). The monoisotopic (exact) mass is 223 g/mol. The lowest BCUT2D eigenvalue weighted by Gasteiger charge is -2.02. The molecule has 0 saturated heterocycles.